The largest absolute Gasteiger partial charge is 0.0719 e. The number of fused-ring (bicyclic) bond motifs is 9. The zero-order valence-corrected chi connectivity index (χ0v) is 13.7. The Kier molecular flexibility index (Phi) is 1.45. The average Bonchev–Trinajstić information content (AvgIpc) is 3.18. The lowest BCUT2D eigenvalue weighted by molar-refractivity contribution is 0.722. The molecule has 0 aliphatic heterocycles. The highest BCUT2D eigenvalue weighted by Crippen LogP contribution is 2.58. The molecule has 0 fully saturated rings. The number of benzene rings is 4. The maximum absolute atomic E-state index is 8.99. The summed E-state index contributed by atoms with van der Waals surface area (Å²) in [5.74, 6) is 0. The van der Waals surface area contributed by atoms with E-state index in [1.54, 1.807) is 18.2 Å². The fourth-order valence-electron chi connectivity index (χ4n) is 4.49. The van der Waals surface area contributed by atoms with E-state index in [4.69, 9.17) is 13.7 Å². The Hall–Kier alpha value is -3.12. The summed E-state index contributed by atoms with van der Waals surface area (Å²) in [6, 6.07) is 6.81. The molecule has 2 aliphatic rings. The topological polar surface area (TPSA) is 0 Å². The second-order valence-corrected chi connectivity index (χ2v) is 6.59. The lowest BCUT2D eigenvalue weighted by atomic mass is 9.61. The fourth-order valence-corrected chi connectivity index (χ4v) is 4.49. The second kappa shape index (κ2) is 4.95. The summed E-state index contributed by atoms with van der Waals surface area (Å²) in [7, 11) is 0. The summed E-state index contributed by atoms with van der Waals surface area (Å²) in [5.41, 5.74) is 1.02. The van der Waals surface area contributed by atoms with Gasteiger partial charge in [0.15, 0.2) is 0 Å². The third-order valence-electron chi connectivity index (χ3n) is 5.44. The predicted octanol–water partition coefficient (Wildman–Crippen LogP) is 5.95. The van der Waals surface area contributed by atoms with E-state index in [1.807, 2.05) is 12.1 Å². The molecule has 2 aliphatic carbocycles. The van der Waals surface area contributed by atoms with Crippen LogP contribution in [0.1, 0.15) is 47.1 Å². The van der Waals surface area contributed by atoms with Crippen LogP contribution in [-0.4, -0.2) is 0 Å². The maximum atomic E-state index is 8.99. The molecule has 4 aromatic rings. The Bertz CT molecular complexity index is 1600. The Labute approximate surface area is 167 Å². The lowest BCUT2D eigenvalue weighted by Gasteiger charge is -2.40. The molecule has 6 rings (SSSR count). The van der Waals surface area contributed by atoms with Gasteiger partial charge in [-0.05, 0) is 50.9 Å². The van der Waals surface area contributed by atoms with Gasteiger partial charge in [-0.15, -0.1) is 0 Å². The third-order valence-corrected chi connectivity index (χ3v) is 5.44. The van der Waals surface area contributed by atoms with Crippen LogP contribution >= 0.6 is 0 Å². The summed E-state index contributed by atoms with van der Waals surface area (Å²) in [6.45, 7) is 0. The fraction of sp³-hybridized carbons (Fsp3) is 0.0769. The van der Waals surface area contributed by atoms with Crippen molar-refractivity contribution in [3.8, 4) is 11.1 Å². The monoisotopic (exact) mass is 340 g/mol. The predicted molar refractivity (Wildman–Crippen MR) is 107 cm³/mol. The summed E-state index contributed by atoms with van der Waals surface area (Å²) in [5, 5.41) is 0. The summed E-state index contributed by atoms with van der Waals surface area (Å²) in [6.07, 6.45) is 0.417. The Morgan fingerprint density at radius 2 is 1.15 bits per heavy atom. The van der Waals surface area contributed by atoms with E-state index in [9.17, 15) is 0 Å². The van der Waals surface area contributed by atoms with Gasteiger partial charge in [0.25, 0.3) is 0 Å². The standard InChI is InChI=1S/C26H18/c1-5-13-22-18(9-1)17-19-10-2-6-14-23(19)26(22)24-15-7-3-11-20(24)21-12-4-8-16-25(21)26/h1-16H,17H2/i3D,4D,5D,7D,8D,11D,12D,13D,15D,16D. The van der Waals surface area contributed by atoms with Crippen molar-refractivity contribution >= 4 is 0 Å². The zero-order valence-electron chi connectivity index (χ0n) is 23.7. The van der Waals surface area contributed by atoms with Crippen LogP contribution in [0, 0.1) is 0 Å². The molecule has 0 heteroatoms. The van der Waals surface area contributed by atoms with Crippen LogP contribution in [0.2, 0.25) is 0 Å². The van der Waals surface area contributed by atoms with Crippen molar-refractivity contribution in [2.75, 3.05) is 0 Å². The van der Waals surface area contributed by atoms with E-state index in [0.29, 0.717) is 23.1 Å². The van der Waals surface area contributed by atoms with Gasteiger partial charge in [0.2, 0.25) is 0 Å². The first-order valence-electron chi connectivity index (χ1n) is 13.4. The molecular formula is C26H18. The Morgan fingerprint density at radius 3 is 1.92 bits per heavy atom. The van der Waals surface area contributed by atoms with Gasteiger partial charge >= 0.3 is 0 Å². The molecular weight excluding hydrogens is 312 g/mol. The highest BCUT2D eigenvalue weighted by atomic mass is 14.5. The molecule has 0 nitrogen and oxygen atoms in total. The van der Waals surface area contributed by atoms with Gasteiger partial charge in [0.05, 0.1) is 19.1 Å². The molecule has 122 valence electrons. The number of hydrogen-bond donors (Lipinski definition) is 0. The van der Waals surface area contributed by atoms with Crippen LogP contribution in [0.5, 0.6) is 0 Å². The first-order chi connectivity index (χ1) is 17.0. The van der Waals surface area contributed by atoms with E-state index < -0.39 is 41.7 Å². The van der Waals surface area contributed by atoms with Gasteiger partial charge < -0.3 is 0 Å². The molecule has 0 atom stereocenters. The van der Waals surface area contributed by atoms with Gasteiger partial charge in [-0.1, -0.05) is 96.8 Å². The van der Waals surface area contributed by atoms with E-state index in [0.717, 1.165) is 5.56 Å². The Morgan fingerprint density at radius 1 is 0.577 bits per heavy atom. The van der Waals surface area contributed by atoms with Crippen molar-refractivity contribution in [1.82, 2.24) is 0 Å². The van der Waals surface area contributed by atoms with E-state index in [1.165, 1.54) is 6.07 Å². The Balaban J connectivity index is 2.01. The van der Waals surface area contributed by atoms with Crippen molar-refractivity contribution in [2.24, 2.45) is 0 Å². The molecule has 26 heavy (non-hydrogen) atoms. The van der Waals surface area contributed by atoms with E-state index in [2.05, 4.69) is 0 Å². The number of hydrogen-bond acceptors (Lipinski definition) is 0. The summed E-state index contributed by atoms with van der Waals surface area (Å²) in [4.78, 5) is 0. The zero-order chi connectivity index (χ0) is 25.8. The van der Waals surface area contributed by atoms with Crippen LogP contribution in [0.4, 0.5) is 0 Å². The molecule has 1 spiro atoms. The van der Waals surface area contributed by atoms with Crippen LogP contribution in [0.15, 0.2) is 96.8 Å². The molecule has 0 bridgehead atoms. The van der Waals surface area contributed by atoms with Crippen molar-refractivity contribution in [2.45, 2.75) is 11.8 Å². The van der Waals surface area contributed by atoms with Crippen molar-refractivity contribution < 1.29 is 13.7 Å². The minimum atomic E-state index is -1.62. The van der Waals surface area contributed by atoms with Crippen molar-refractivity contribution in [1.29, 1.82) is 0 Å². The molecule has 4 aromatic carbocycles. The quantitative estimate of drug-likeness (QED) is 0.320. The summed E-state index contributed by atoms with van der Waals surface area (Å²) >= 11 is 0. The molecule has 0 aromatic heterocycles. The lowest BCUT2D eigenvalue weighted by Crippen LogP contribution is -2.34. The molecule has 0 heterocycles. The van der Waals surface area contributed by atoms with Crippen molar-refractivity contribution in [3.05, 3.63) is 130 Å². The van der Waals surface area contributed by atoms with E-state index >= 15 is 0 Å². The molecule has 0 radical (unpaired) electrons. The first kappa shape index (κ1) is 7.63. The SMILES string of the molecule is [2H]c1ccc2c(c1[2H])C1(c3ccccc3C2)c2c([2H])c([2H])c([2H])c([2H])c2-c2c([2H])c([2H])c([2H])c([2H])c21. The second-order valence-electron chi connectivity index (χ2n) is 6.59. The van der Waals surface area contributed by atoms with E-state index in [-0.39, 0.29) is 46.4 Å². The van der Waals surface area contributed by atoms with Gasteiger partial charge in [0.1, 0.15) is 0 Å². The normalized spacial score (nSPS) is 20.5. The first-order valence-corrected chi connectivity index (χ1v) is 8.45. The molecule has 0 saturated carbocycles. The van der Waals surface area contributed by atoms with Gasteiger partial charge in [-0.25, -0.2) is 0 Å². The third kappa shape index (κ3) is 1.55. The van der Waals surface area contributed by atoms with Crippen LogP contribution in [0.25, 0.3) is 11.1 Å². The van der Waals surface area contributed by atoms with Gasteiger partial charge in [0, 0.05) is 0 Å². The maximum Gasteiger partial charge on any atom is 0.0719 e. The highest BCUT2D eigenvalue weighted by Gasteiger charge is 2.49. The highest BCUT2D eigenvalue weighted by molar-refractivity contribution is 5.87. The van der Waals surface area contributed by atoms with Crippen LogP contribution < -0.4 is 0 Å². The smallest absolute Gasteiger partial charge is 0.0620 e. The molecule has 0 amide bonds. The van der Waals surface area contributed by atoms with Gasteiger partial charge in [-0.3, -0.25) is 0 Å². The number of rotatable bonds is 0. The minimum Gasteiger partial charge on any atom is -0.0620 e. The van der Waals surface area contributed by atoms with Crippen LogP contribution in [-0.2, 0) is 11.8 Å². The van der Waals surface area contributed by atoms with Gasteiger partial charge in [-0.2, -0.15) is 0 Å². The molecule has 0 saturated heterocycles. The van der Waals surface area contributed by atoms with Crippen molar-refractivity contribution in [3.63, 3.8) is 0 Å². The average molecular weight is 340 g/mol. The molecule has 0 unspecified atom stereocenters. The summed E-state index contributed by atoms with van der Waals surface area (Å²) < 4.78 is 86.5. The molecule has 0 N–H and O–H groups in total. The minimum absolute atomic E-state index is 0.0143. The van der Waals surface area contributed by atoms with Crippen LogP contribution in [0.3, 0.4) is 0 Å².